The summed E-state index contributed by atoms with van der Waals surface area (Å²) < 4.78 is 27.0. The van der Waals surface area contributed by atoms with Gasteiger partial charge in [-0.25, -0.2) is 13.1 Å². The van der Waals surface area contributed by atoms with E-state index >= 15 is 0 Å². The lowest BCUT2D eigenvalue weighted by atomic mass is 10.2. The van der Waals surface area contributed by atoms with Crippen LogP contribution in [0.5, 0.6) is 0 Å². The molecule has 0 radical (unpaired) electrons. The van der Waals surface area contributed by atoms with Gasteiger partial charge in [-0.2, -0.15) is 0 Å². The van der Waals surface area contributed by atoms with Crippen molar-refractivity contribution in [1.82, 2.24) is 10.0 Å². The average molecular weight is 304 g/mol. The van der Waals surface area contributed by atoms with Crippen molar-refractivity contribution < 1.29 is 8.42 Å². The fraction of sp³-hybridized carbons (Fsp3) is 0.692. The number of sulfonamides is 1. The smallest absolute Gasteiger partial charge is 0.215 e. The summed E-state index contributed by atoms with van der Waals surface area (Å²) in [4.78, 5) is 2.47. The number of rotatable bonds is 8. The van der Waals surface area contributed by atoms with E-state index in [9.17, 15) is 8.42 Å². The summed E-state index contributed by atoms with van der Waals surface area (Å²) in [6, 6.07) is 4.05. The predicted molar refractivity (Wildman–Crippen MR) is 82.3 cm³/mol. The fourth-order valence-corrected chi connectivity index (χ4v) is 4.02. The van der Waals surface area contributed by atoms with E-state index in [4.69, 9.17) is 0 Å². The van der Waals surface area contributed by atoms with E-state index in [-0.39, 0.29) is 6.04 Å². The number of thiophene rings is 1. The third-order valence-corrected chi connectivity index (χ3v) is 5.86. The van der Waals surface area contributed by atoms with Gasteiger partial charge in [0, 0.05) is 22.3 Å². The van der Waals surface area contributed by atoms with Crippen molar-refractivity contribution in [3.05, 3.63) is 21.9 Å². The summed E-state index contributed by atoms with van der Waals surface area (Å²) in [5.74, 6) is 0. The molecule has 0 aliphatic heterocycles. The molecule has 0 saturated heterocycles. The molecule has 1 rings (SSSR count). The molecule has 2 N–H and O–H groups in total. The molecule has 4 nitrogen and oxygen atoms in total. The van der Waals surface area contributed by atoms with Crippen LogP contribution in [0.2, 0.25) is 0 Å². The van der Waals surface area contributed by atoms with Crippen LogP contribution in [-0.2, 0) is 16.4 Å². The van der Waals surface area contributed by atoms with E-state index in [0.29, 0.717) is 6.54 Å². The van der Waals surface area contributed by atoms with Crippen molar-refractivity contribution >= 4 is 21.4 Å². The van der Waals surface area contributed by atoms with E-state index in [2.05, 4.69) is 29.1 Å². The summed E-state index contributed by atoms with van der Waals surface area (Å²) in [5.41, 5.74) is 0. The lowest BCUT2D eigenvalue weighted by Crippen LogP contribution is -2.43. The van der Waals surface area contributed by atoms with E-state index < -0.39 is 15.3 Å². The van der Waals surface area contributed by atoms with Crippen LogP contribution in [0.15, 0.2) is 12.1 Å². The molecule has 0 saturated carbocycles. The Bertz CT molecular complexity index is 483. The second kappa shape index (κ2) is 7.38. The summed E-state index contributed by atoms with van der Waals surface area (Å²) in [6.07, 6.45) is 0.742. The van der Waals surface area contributed by atoms with E-state index in [1.54, 1.807) is 18.3 Å². The Morgan fingerprint density at radius 3 is 2.53 bits per heavy atom. The van der Waals surface area contributed by atoms with Crippen molar-refractivity contribution in [2.75, 3.05) is 13.1 Å². The van der Waals surface area contributed by atoms with Gasteiger partial charge in [0.05, 0.1) is 5.25 Å². The lowest BCUT2D eigenvalue weighted by molar-refractivity contribution is 0.542. The van der Waals surface area contributed by atoms with Crippen molar-refractivity contribution in [2.45, 2.75) is 45.4 Å². The monoisotopic (exact) mass is 304 g/mol. The molecule has 0 aliphatic carbocycles. The molecule has 0 fully saturated rings. The van der Waals surface area contributed by atoms with Gasteiger partial charge in [-0.3, -0.25) is 0 Å². The maximum absolute atomic E-state index is 12.1. The van der Waals surface area contributed by atoms with Crippen LogP contribution < -0.4 is 10.0 Å². The van der Waals surface area contributed by atoms with Gasteiger partial charge in [0.1, 0.15) is 0 Å². The molecule has 19 heavy (non-hydrogen) atoms. The molecule has 2 unspecified atom stereocenters. The van der Waals surface area contributed by atoms with Crippen LogP contribution in [0.25, 0.3) is 0 Å². The van der Waals surface area contributed by atoms with Gasteiger partial charge < -0.3 is 5.32 Å². The lowest BCUT2D eigenvalue weighted by Gasteiger charge is -2.18. The van der Waals surface area contributed by atoms with Crippen LogP contribution in [0.4, 0.5) is 0 Å². The summed E-state index contributed by atoms with van der Waals surface area (Å²) in [5, 5.41) is 2.65. The van der Waals surface area contributed by atoms with Gasteiger partial charge in [0.2, 0.25) is 10.0 Å². The Labute approximate surface area is 120 Å². The van der Waals surface area contributed by atoms with Crippen molar-refractivity contribution in [3.8, 4) is 0 Å². The molecule has 1 aromatic heterocycles. The molecule has 1 aromatic rings. The van der Waals surface area contributed by atoms with Gasteiger partial charge in [0.15, 0.2) is 0 Å². The van der Waals surface area contributed by atoms with Crippen LogP contribution in [0, 0.1) is 6.92 Å². The first-order valence-corrected chi connectivity index (χ1v) is 8.98. The molecule has 110 valence electrons. The van der Waals surface area contributed by atoms with Gasteiger partial charge in [-0.1, -0.05) is 6.92 Å². The zero-order valence-corrected chi connectivity index (χ0v) is 13.7. The first-order valence-electron chi connectivity index (χ1n) is 6.62. The highest BCUT2D eigenvalue weighted by Crippen LogP contribution is 2.17. The first-order chi connectivity index (χ1) is 8.85. The maximum Gasteiger partial charge on any atom is 0.215 e. The molecule has 6 heteroatoms. The maximum atomic E-state index is 12.1. The Balaban J connectivity index is 2.52. The number of aryl methyl sites for hydroxylation is 1. The molecular formula is C13H24N2O2S2. The van der Waals surface area contributed by atoms with Gasteiger partial charge >= 0.3 is 0 Å². The second-order valence-electron chi connectivity index (χ2n) is 4.90. The molecule has 0 bridgehead atoms. The van der Waals surface area contributed by atoms with Crippen LogP contribution in [-0.4, -0.2) is 32.8 Å². The van der Waals surface area contributed by atoms with Gasteiger partial charge in [0.25, 0.3) is 0 Å². The minimum absolute atomic E-state index is 0.0767. The first kappa shape index (κ1) is 16.6. The number of hydrogen-bond donors (Lipinski definition) is 2. The average Bonchev–Trinajstić information content (AvgIpc) is 2.70. The van der Waals surface area contributed by atoms with Gasteiger partial charge in [-0.05, 0) is 45.9 Å². The quantitative estimate of drug-likeness (QED) is 0.771. The normalized spacial score (nSPS) is 15.4. The molecule has 1 heterocycles. The second-order valence-corrected chi connectivity index (χ2v) is 8.40. The van der Waals surface area contributed by atoms with Gasteiger partial charge in [-0.15, -0.1) is 11.3 Å². The highest BCUT2D eigenvalue weighted by atomic mass is 32.2. The van der Waals surface area contributed by atoms with E-state index in [0.717, 1.165) is 13.0 Å². The van der Waals surface area contributed by atoms with Crippen molar-refractivity contribution in [3.63, 3.8) is 0 Å². The summed E-state index contributed by atoms with van der Waals surface area (Å²) >= 11 is 1.72. The third-order valence-electron chi connectivity index (χ3n) is 2.88. The zero-order valence-electron chi connectivity index (χ0n) is 12.1. The molecule has 0 aromatic carbocycles. The minimum atomic E-state index is -3.25. The molecule has 2 atom stereocenters. The SMILES string of the molecule is CCNCC(C)S(=O)(=O)NC(C)Cc1ccc(C)s1. The van der Waals surface area contributed by atoms with Crippen molar-refractivity contribution in [1.29, 1.82) is 0 Å². The predicted octanol–water partition coefficient (Wildman–Crippen LogP) is 1.90. The van der Waals surface area contributed by atoms with E-state index in [1.807, 2.05) is 13.8 Å². The molecular weight excluding hydrogens is 280 g/mol. The van der Waals surface area contributed by atoms with Crippen LogP contribution in [0.1, 0.15) is 30.5 Å². The Morgan fingerprint density at radius 2 is 2.00 bits per heavy atom. The van der Waals surface area contributed by atoms with E-state index in [1.165, 1.54) is 9.75 Å². The topological polar surface area (TPSA) is 58.2 Å². The third kappa shape index (κ3) is 5.60. The van der Waals surface area contributed by atoms with Crippen LogP contribution >= 0.6 is 11.3 Å². The highest BCUT2D eigenvalue weighted by Gasteiger charge is 2.22. The largest absolute Gasteiger partial charge is 0.316 e. The minimum Gasteiger partial charge on any atom is -0.316 e. The summed E-state index contributed by atoms with van der Waals surface area (Å²) in [7, 11) is -3.25. The fourth-order valence-electron chi connectivity index (χ4n) is 1.79. The highest BCUT2D eigenvalue weighted by molar-refractivity contribution is 7.90. The Morgan fingerprint density at radius 1 is 1.32 bits per heavy atom. The van der Waals surface area contributed by atoms with Crippen LogP contribution in [0.3, 0.4) is 0 Å². The Hall–Kier alpha value is -0.430. The Kier molecular flexibility index (Phi) is 6.46. The number of hydrogen-bond acceptors (Lipinski definition) is 4. The summed E-state index contributed by atoms with van der Waals surface area (Å²) in [6.45, 7) is 8.93. The molecule has 0 spiro atoms. The molecule has 0 aliphatic rings. The number of nitrogens with one attached hydrogen (secondary N) is 2. The van der Waals surface area contributed by atoms with Crippen molar-refractivity contribution in [2.24, 2.45) is 0 Å². The molecule has 0 amide bonds. The standard InChI is InChI=1S/C13H24N2O2S2/c1-5-14-9-12(4)19(16,17)15-10(2)8-13-7-6-11(3)18-13/h6-7,10,12,14-15H,5,8-9H2,1-4H3. The zero-order chi connectivity index (χ0) is 14.5.